The van der Waals surface area contributed by atoms with Crippen LogP contribution in [0, 0.1) is 6.92 Å². The summed E-state index contributed by atoms with van der Waals surface area (Å²) >= 11 is 7.93. The molecule has 3 rings (SSSR count). The molecule has 128 valence electrons. The van der Waals surface area contributed by atoms with Crippen molar-refractivity contribution >= 4 is 66.5 Å². The number of carbonyl (C=O) groups excluding carboxylic acids is 1. The molecular formula is C18H14Br2N2O2S. The monoisotopic (exact) mass is 480 g/mol. The molecule has 0 aromatic heterocycles. The Labute approximate surface area is 166 Å². The second-order valence-corrected chi connectivity index (χ2v) is 8.26. The number of aliphatic imine (C=N–C) groups is 1. The predicted octanol–water partition coefficient (Wildman–Crippen LogP) is 5.46. The number of hydrogen-bond acceptors (Lipinski definition) is 4. The summed E-state index contributed by atoms with van der Waals surface area (Å²) in [4.78, 5) is 19.2. The summed E-state index contributed by atoms with van der Waals surface area (Å²) in [6.45, 7) is 2.02. The number of halogens is 2. The first-order valence-electron chi connectivity index (χ1n) is 7.36. The smallest absolute Gasteiger partial charge is 0.266 e. The molecule has 2 aromatic rings. The number of likely N-dealkylation sites (N-methyl/N-ethyl adjacent to an activating group) is 1. The third-order valence-corrected chi connectivity index (χ3v) is 5.87. The summed E-state index contributed by atoms with van der Waals surface area (Å²) in [6.07, 6.45) is 1.79. The van der Waals surface area contributed by atoms with Crippen LogP contribution in [-0.4, -0.2) is 28.1 Å². The van der Waals surface area contributed by atoms with E-state index in [1.165, 1.54) is 11.8 Å². The fraction of sp³-hybridized carbons (Fsp3) is 0.111. The number of rotatable bonds is 2. The van der Waals surface area contributed by atoms with Crippen LogP contribution in [0.15, 0.2) is 55.2 Å². The number of phenols is 1. The van der Waals surface area contributed by atoms with Crippen molar-refractivity contribution < 1.29 is 9.90 Å². The van der Waals surface area contributed by atoms with Crippen LogP contribution in [0.4, 0.5) is 5.69 Å². The zero-order chi connectivity index (χ0) is 18.1. The topological polar surface area (TPSA) is 52.9 Å². The molecule has 25 heavy (non-hydrogen) atoms. The minimum Gasteiger partial charge on any atom is -0.506 e. The highest BCUT2D eigenvalue weighted by atomic mass is 79.9. The molecule has 2 aromatic carbocycles. The van der Waals surface area contributed by atoms with Gasteiger partial charge in [-0.2, -0.15) is 0 Å². The van der Waals surface area contributed by atoms with Crippen LogP contribution in [-0.2, 0) is 4.79 Å². The molecule has 1 amide bonds. The lowest BCUT2D eigenvalue weighted by atomic mass is 10.2. The van der Waals surface area contributed by atoms with E-state index in [4.69, 9.17) is 0 Å². The van der Waals surface area contributed by atoms with Crippen molar-refractivity contribution in [1.82, 2.24) is 4.90 Å². The highest BCUT2D eigenvalue weighted by molar-refractivity contribution is 9.11. The van der Waals surface area contributed by atoms with E-state index in [0.29, 0.717) is 19.0 Å². The zero-order valence-corrected chi connectivity index (χ0v) is 17.4. The average Bonchev–Trinajstić information content (AvgIpc) is 2.83. The summed E-state index contributed by atoms with van der Waals surface area (Å²) in [5.74, 6) is 0.0301. The first-order chi connectivity index (χ1) is 11.8. The van der Waals surface area contributed by atoms with Crippen LogP contribution in [0.2, 0.25) is 0 Å². The first-order valence-corrected chi connectivity index (χ1v) is 9.76. The molecule has 0 atom stereocenters. The van der Waals surface area contributed by atoms with E-state index in [0.717, 1.165) is 16.8 Å². The van der Waals surface area contributed by atoms with Crippen molar-refractivity contribution in [2.45, 2.75) is 6.92 Å². The van der Waals surface area contributed by atoms with Gasteiger partial charge in [0.15, 0.2) is 5.17 Å². The van der Waals surface area contributed by atoms with E-state index in [2.05, 4.69) is 36.9 Å². The third-order valence-electron chi connectivity index (χ3n) is 3.60. The summed E-state index contributed by atoms with van der Waals surface area (Å²) in [6, 6.07) is 11.4. The number of hydrogen-bond donors (Lipinski definition) is 1. The number of aryl methyl sites for hydroxylation is 1. The van der Waals surface area contributed by atoms with Gasteiger partial charge in [0.05, 0.1) is 19.5 Å². The highest BCUT2D eigenvalue weighted by Gasteiger charge is 2.30. The van der Waals surface area contributed by atoms with Gasteiger partial charge >= 0.3 is 0 Å². The van der Waals surface area contributed by atoms with Gasteiger partial charge < -0.3 is 5.11 Å². The molecule has 0 radical (unpaired) electrons. The molecule has 1 aliphatic heterocycles. The van der Waals surface area contributed by atoms with Crippen molar-refractivity contribution in [2.75, 3.05) is 7.05 Å². The van der Waals surface area contributed by atoms with E-state index < -0.39 is 0 Å². The van der Waals surface area contributed by atoms with E-state index >= 15 is 0 Å². The number of amidine groups is 1. The maximum absolute atomic E-state index is 12.5. The molecule has 0 saturated carbocycles. The molecule has 1 N–H and O–H groups in total. The molecule has 0 spiro atoms. The fourth-order valence-electron chi connectivity index (χ4n) is 2.20. The Bertz CT molecular complexity index is 885. The lowest BCUT2D eigenvalue weighted by molar-refractivity contribution is -0.121. The van der Waals surface area contributed by atoms with Gasteiger partial charge in [-0.1, -0.05) is 17.7 Å². The Morgan fingerprint density at radius 2 is 1.76 bits per heavy atom. The Kier molecular flexibility index (Phi) is 5.36. The number of phenolic OH excluding ortho intramolecular Hbond substituents is 1. The van der Waals surface area contributed by atoms with Gasteiger partial charge in [0.25, 0.3) is 5.91 Å². The van der Waals surface area contributed by atoms with Gasteiger partial charge in [0, 0.05) is 7.05 Å². The third kappa shape index (κ3) is 3.99. The molecule has 1 fully saturated rings. The van der Waals surface area contributed by atoms with Crippen molar-refractivity contribution in [3.8, 4) is 5.75 Å². The van der Waals surface area contributed by atoms with Gasteiger partial charge in [-0.05, 0) is 86.5 Å². The first kappa shape index (κ1) is 18.2. The summed E-state index contributed by atoms with van der Waals surface area (Å²) in [5, 5.41) is 10.4. The summed E-state index contributed by atoms with van der Waals surface area (Å²) < 4.78 is 1.12. The SMILES string of the molecule is Cc1ccc(N=C2SC(=Cc3cc(Br)c(O)c(Br)c3)C(=O)N2C)cc1. The van der Waals surface area contributed by atoms with Crippen LogP contribution >= 0.6 is 43.6 Å². The molecule has 1 aliphatic rings. The van der Waals surface area contributed by atoms with Crippen LogP contribution in [0.5, 0.6) is 5.75 Å². The average molecular weight is 482 g/mol. The van der Waals surface area contributed by atoms with E-state index in [1.807, 2.05) is 31.2 Å². The predicted molar refractivity (Wildman–Crippen MR) is 110 cm³/mol. The van der Waals surface area contributed by atoms with Crippen LogP contribution in [0.3, 0.4) is 0 Å². The Morgan fingerprint density at radius 1 is 1.16 bits per heavy atom. The highest BCUT2D eigenvalue weighted by Crippen LogP contribution is 2.37. The maximum Gasteiger partial charge on any atom is 0.266 e. The van der Waals surface area contributed by atoms with Crippen molar-refractivity contribution in [3.63, 3.8) is 0 Å². The number of aromatic hydroxyl groups is 1. The van der Waals surface area contributed by atoms with E-state index in [9.17, 15) is 9.90 Å². The van der Waals surface area contributed by atoms with Crippen LogP contribution < -0.4 is 0 Å². The molecule has 1 heterocycles. The zero-order valence-electron chi connectivity index (χ0n) is 13.5. The quantitative estimate of drug-likeness (QED) is 0.579. The second-order valence-electron chi connectivity index (χ2n) is 5.54. The van der Waals surface area contributed by atoms with Gasteiger partial charge in [-0.3, -0.25) is 9.69 Å². The van der Waals surface area contributed by atoms with Gasteiger partial charge in [-0.25, -0.2) is 4.99 Å². The number of carbonyl (C=O) groups is 1. The molecule has 1 saturated heterocycles. The van der Waals surface area contributed by atoms with Crippen molar-refractivity contribution in [2.24, 2.45) is 4.99 Å². The Morgan fingerprint density at radius 3 is 2.36 bits per heavy atom. The standard InChI is InChI=1S/C18H14Br2N2O2S/c1-10-3-5-12(6-4-10)21-18-22(2)17(24)15(25-18)9-11-7-13(19)16(23)14(20)8-11/h3-9,23H,1-2H3. The number of thioether (sulfide) groups is 1. The van der Waals surface area contributed by atoms with Crippen LogP contribution in [0.1, 0.15) is 11.1 Å². The van der Waals surface area contributed by atoms with Gasteiger partial charge in [0.1, 0.15) is 5.75 Å². The Balaban J connectivity index is 1.92. The molecule has 0 aliphatic carbocycles. The molecule has 0 bridgehead atoms. The lowest BCUT2D eigenvalue weighted by Gasteiger charge is -2.07. The molecule has 7 heteroatoms. The maximum atomic E-state index is 12.5. The normalized spacial score (nSPS) is 17.8. The number of benzene rings is 2. The van der Waals surface area contributed by atoms with E-state index in [1.54, 1.807) is 30.2 Å². The van der Waals surface area contributed by atoms with Crippen molar-refractivity contribution in [1.29, 1.82) is 0 Å². The minimum absolute atomic E-state index is 0.101. The van der Waals surface area contributed by atoms with Crippen molar-refractivity contribution in [3.05, 3.63) is 61.4 Å². The summed E-state index contributed by atoms with van der Waals surface area (Å²) in [5.41, 5.74) is 2.78. The molecule has 4 nitrogen and oxygen atoms in total. The largest absolute Gasteiger partial charge is 0.506 e. The Hall–Kier alpha value is -1.57. The fourth-order valence-corrected chi connectivity index (χ4v) is 4.41. The molecular weight excluding hydrogens is 468 g/mol. The number of amides is 1. The second kappa shape index (κ2) is 7.35. The van der Waals surface area contributed by atoms with Gasteiger partial charge in [-0.15, -0.1) is 0 Å². The van der Waals surface area contributed by atoms with Crippen LogP contribution in [0.25, 0.3) is 6.08 Å². The molecule has 0 unspecified atom stereocenters. The number of nitrogens with zero attached hydrogens (tertiary/aromatic N) is 2. The summed E-state index contributed by atoms with van der Waals surface area (Å²) in [7, 11) is 1.71. The lowest BCUT2D eigenvalue weighted by Crippen LogP contribution is -2.23. The minimum atomic E-state index is -0.101. The van der Waals surface area contributed by atoms with E-state index in [-0.39, 0.29) is 11.7 Å². The van der Waals surface area contributed by atoms with Gasteiger partial charge in [0.2, 0.25) is 0 Å².